The minimum absolute atomic E-state index is 0.0962. The van der Waals surface area contributed by atoms with Crippen molar-refractivity contribution < 1.29 is 38.2 Å². The van der Waals surface area contributed by atoms with E-state index in [2.05, 4.69) is 0 Å². The van der Waals surface area contributed by atoms with Crippen molar-refractivity contribution in [3.63, 3.8) is 0 Å². The number of Topliss-reactive ketones (excluding diaryl/α,β-unsaturated/α-hetero) is 2. The Morgan fingerprint density at radius 1 is 0.562 bits per heavy atom. The Morgan fingerprint density at radius 3 is 1.28 bits per heavy atom. The molecule has 0 saturated carbocycles. The van der Waals surface area contributed by atoms with Crippen LogP contribution < -0.4 is 0 Å². The van der Waals surface area contributed by atoms with Crippen LogP contribution in [-0.4, -0.2) is 35.1 Å². The maximum Gasteiger partial charge on any atom is 0.336 e. The van der Waals surface area contributed by atoms with Crippen molar-refractivity contribution in [2.75, 3.05) is 0 Å². The van der Waals surface area contributed by atoms with E-state index in [4.69, 9.17) is 9.47 Å². The standard InChI is InChI=1S/C24H12O8/c25-17-11-19(23(29)15-7-3-1-5-13(15)17)31-21(27)9-10-22(28)32-20-12-18(26)14-6-2-4-8-16(14)24(20)30/h1-12H/b10-9-. The Bertz CT molecular complexity index is 1220. The van der Waals surface area contributed by atoms with Crippen LogP contribution in [0.5, 0.6) is 0 Å². The second-order valence-corrected chi connectivity index (χ2v) is 6.67. The van der Waals surface area contributed by atoms with E-state index < -0.39 is 46.6 Å². The van der Waals surface area contributed by atoms with Gasteiger partial charge >= 0.3 is 11.9 Å². The van der Waals surface area contributed by atoms with E-state index >= 15 is 0 Å². The molecule has 0 N–H and O–H groups in total. The van der Waals surface area contributed by atoms with Gasteiger partial charge < -0.3 is 9.47 Å². The Kier molecular flexibility index (Phi) is 5.26. The fraction of sp³-hybridized carbons (Fsp3) is 0. The van der Waals surface area contributed by atoms with Gasteiger partial charge in [0.25, 0.3) is 0 Å². The number of fused-ring (bicyclic) bond motifs is 2. The van der Waals surface area contributed by atoms with Crippen molar-refractivity contribution >= 4 is 35.1 Å². The molecule has 8 heteroatoms. The molecule has 0 heterocycles. The molecule has 0 aromatic heterocycles. The van der Waals surface area contributed by atoms with E-state index in [0.717, 1.165) is 12.2 Å². The van der Waals surface area contributed by atoms with Gasteiger partial charge in [-0.05, 0) is 0 Å². The Hall–Kier alpha value is -4.72. The van der Waals surface area contributed by atoms with E-state index in [1.54, 1.807) is 24.3 Å². The molecule has 0 spiro atoms. The zero-order valence-corrected chi connectivity index (χ0v) is 16.2. The first-order chi connectivity index (χ1) is 15.3. The fourth-order valence-corrected chi connectivity index (χ4v) is 3.15. The van der Waals surface area contributed by atoms with Crippen molar-refractivity contribution in [2.45, 2.75) is 0 Å². The Morgan fingerprint density at radius 2 is 0.906 bits per heavy atom. The summed E-state index contributed by atoms with van der Waals surface area (Å²) in [4.78, 5) is 72.9. The molecular weight excluding hydrogens is 416 g/mol. The summed E-state index contributed by atoms with van der Waals surface area (Å²) < 4.78 is 9.75. The second-order valence-electron chi connectivity index (χ2n) is 6.67. The maximum atomic E-state index is 12.4. The summed E-state index contributed by atoms with van der Waals surface area (Å²) in [6.45, 7) is 0. The quantitative estimate of drug-likeness (QED) is 0.538. The van der Waals surface area contributed by atoms with Crippen LogP contribution in [-0.2, 0) is 19.1 Å². The van der Waals surface area contributed by atoms with Gasteiger partial charge in [-0.2, -0.15) is 0 Å². The highest BCUT2D eigenvalue weighted by Gasteiger charge is 2.29. The van der Waals surface area contributed by atoms with E-state index in [1.165, 1.54) is 24.3 Å². The zero-order valence-electron chi connectivity index (χ0n) is 16.2. The van der Waals surface area contributed by atoms with E-state index in [9.17, 15) is 28.8 Å². The first kappa shape index (κ1) is 20.5. The zero-order chi connectivity index (χ0) is 22.8. The van der Waals surface area contributed by atoms with Crippen LogP contribution in [0.15, 0.2) is 84.4 Å². The molecule has 2 aromatic rings. The summed E-state index contributed by atoms with van der Waals surface area (Å²) >= 11 is 0. The topological polar surface area (TPSA) is 121 Å². The minimum Gasteiger partial charge on any atom is -0.419 e. The molecular formula is C24H12O8. The largest absolute Gasteiger partial charge is 0.419 e. The van der Waals surface area contributed by atoms with Gasteiger partial charge in [0.15, 0.2) is 23.1 Å². The van der Waals surface area contributed by atoms with E-state index in [-0.39, 0.29) is 22.3 Å². The third-order valence-corrected chi connectivity index (χ3v) is 4.62. The summed E-state index contributed by atoms with van der Waals surface area (Å²) in [5.41, 5.74) is 0.577. The number of hydrogen-bond acceptors (Lipinski definition) is 8. The van der Waals surface area contributed by atoms with Crippen LogP contribution in [0.3, 0.4) is 0 Å². The van der Waals surface area contributed by atoms with Crippen molar-refractivity contribution in [3.8, 4) is 0 Å². The summed E-state index contributed by atoms with van der Waals surface area (Å²) in [6, 6.07) is 12.1. The molecule has 4 rings (SSSR count). The average Bonchev–Trinajstić information content (AvgIpc) is 2.79. The summed E-state index contributed by atoms with van der Waals surface area (Å²) in [5, 5.41) is 0. The molecule has 8 nitrogen and oxygen atoms in total. The van der Waals surface area contributed by atoms with E-state index in [0.29, 0.717) is 12.2 Å². The molecule has 2 aliphatic carbocycles. The molecule has 0 radical (unpaired) electrons. The Balaban J connectivity index is 1.41. The molecule has 0 atom stereocenters. The SMILES string of the molecule is O=C(/C=C\C(=O)OC1=CC(=O)c2ccccc2C1=O)OC1=CC(=O)c2ccccc2C1=O. The summed E-state index contributed by atoms with van der Waals surface area (Å²) in [5.74, 6) is -5.50. The molecule has 0 fully saturated rings. The Labute approximate surface area is 180 Å². The lowest BCUT2D eigenvalue weighted by molar-refractivity contribution is -0.136. The maximum absolute atomic E-state index is 12.4. The number of allylic oxidation sites excluding steroid dienone is 4. The molecule has 0 aliphatic heterocycles. The van der Waals surface area contributed by atoms with Crippen molar-refractivity contribution in [1.29, 1.82) is 0 Å². The minimum atomic E-state index is -1.11. The second kappa shape index (κ2) is 8.19. The van der Waals surface area contributed by atoms with Crippen molar-refractivity contribution in [1.82, 2.24) is 0 Å². The number of esters is 2. The lowest BCUT2D eigenvalue weighted by Gasteiger charge is -2.14. The lowest BCUT2D eigenvalue weighted by Crippen LogP contribution is -2.21. The van der Waals surface area contributed by atoms with Gasteiger partial charge in [0.1, 0.15) is 0 Å². The van der Waals surface area contributed by atoms with Gasteiger partial charge in [-0.3, -0.25) is 19.2 Å². The number of carbonyl (C=O) groups excluding carboxylic acids is 6. The smallest absolute Gasteiger partial charge is 0.336 e. The molecule has 32 heavy (non-hydrogen) atoms. The van der Waals surface area contributed by atoms with E-state index in [1.807, 2.05) is 0 Å². The van der Waals surface area contributed by atoms with Crippen LogP contribution in [0.25, 0.3) is 0 Å². The van der Waals surface area contributed by atoms with Gasteiger partial charge in [0.2, 0.25) is 11.6 Å². The first-order valence-electron chi connectivity index (χ1n) is 9.26. The third kappa shape index (κ3) is 3.84. The number of hydrogen-bond donors (Lipinski definition) is 0. The highest BCUT2D eigenvalue weighted by molar-refractivity contribution is 6.25. The van der Waals surface area contributed by atoms with Gasteiger partial charge in [0, 0.05) is 46.6 Å². The summed E-state index contributed by atoms with van der Waals surface area (Å²) in [7, 11) is 0. The van der Waals surface area contributed by atoms with Gasteiger partial charge in [0.05, 0.1) is 0 Å². The third-order valence-electron chi connectivity index (χ3n) is 4.62. The highest BCUT2D eigenvalue weighted by atomic mass is 16.5. The van der Waals surface area contributed by atoms with Gasteiger partial charge in [-0.1, -0.05) is 48.5 Å². The molecule has 0 saturated heterocycles. The fourth-order valence-electron chi connectivity index (χ4n) is 3.15. The van der Waals surface area contributed by atoms with Crippen molar-refractivity contribution in [2.24, 2.45) is 0 Å². The normalized spacial score (nSPS) is 15.0. The first-order valence-corrected chi connectivity index (χ1v) is 9.26. The molecule has 0 unspecified atom stereocenters. The van der Waals surface area contributed by atoms with Crippen LogP contribution in [0, 0.1) is 0 Å². The van der Waals surface area contributed by atoms with Gasteiger partial charge in [-0.15, -0.1) is 0 Å². The summed E-state index contributed by atoms with van der Waals surface area (Å²) in [6.07, 6.45) is 3.13. The molecule has 0 amide bonds. The predicted octanol–water partition coefficient (Wildman–Crippen LogP) is 2.56. The monoisotopic (exact) mass is 428 g/mol. The number of rotatable bonds is 4. The average molecular weight is 428 g/mol. The number of carbonyl (C=O) groups is 6. The molecule has 156 valence electrons. The molecule has 2 aliphatic rings. The lowest BCUT2D eigenvalue weighted by atomic mass is 9.94. The van der Waals surface area contributed by atoms with Crippen LogP contribution in [0.1, 0.15) is 41.4 Å². The van der Waals surface area contributed by atoms with Crippen LogP contribution in [0.2, 0.25) is 0 Å². The highest BCUT2D eigenvalue weighted by Crippen LogP contribution is 2.23. The van der Waals surface area contributed by atoms with Gasteiger partial charge in [-0.25, -0.2) is 9.59 Å². The number of benzene rings is 2. The van der Waals surface area contributed by atoms with Crippen LogP contribution in [0.4, 0.5) is 0 Å². The predicted molar refractivity (Wildman–Crippen MR) is 108 cm³/mol. The number of ether oxygens (including phenoxy) is 2. The molecule has 0 bridgehead atoms. The number of ketones is 4. The van der Waals surface area contributed by atoms with Crippen LogP contribution >= 0.6 is 0 Å². The molecule has 2 aromatic carbocycles. The van der Waals surface area contributed by atoms with Crippen molar-refractivity contribution in [3.05, 3.63) is 107 Å².